The van der Waals surface area contributed by atoms with E-state index in [1.54, 1.807) is 0 Å². The third-order valence-electron chi connectivity index (χ3n) is 1.50. The van der Waals surface area contributed by atoms with Crippen molar-refractivity contribution in [2.45, 2.75) is 12.8 Å². The van der Waals surface area contributed by atoms with Crippen molar-refractivity contribution >= 4 is 21.4 Å². The van der Waals surface area contributed by atoms with Gasteiger partial charge in [0.15, 0.2) is 0 Å². The lowest BCUT2D eigenvalue weighted by atomic mass is 10.4. The Morgan fingerprint density at radius 1 is 1.55 bits per heavy atom. The van der Waals surface area contributed by atoms with Crippen LogP contribution in [0.5, 0.6) is 0 Å². The molecule has 1 rings (SSSR count). The average molecular weight is 177 g/mol. The van der Waals surface area contributed by atoms with E-state index in [1.807, 2.05) is 0 Å². The number of carboxylic acid groups (broad SMARTS) is 1. The number of nitrogens with zero attached hydrogens (tertiary/aromatic N) is 1. The number of rotatable bonds is 0. The molecule has 1 fully saturated rings. The molecule has 0 aromatic rings. The van der Waals surface area contributed by atoms with E-state index in [0.717, 1.165) is 4.90 Å². The van der Waals surface area contributed by atoms with Gasteiger partial charge in [0.1, 0.15) is 4.99 Å². The number of carbonyl (C=O) groups is 1. The average Bonchev–Trinajstić information content (AvgIpc) is 2.32. The monoisotopic (exact) mass is 177 g/mol. The van der Waals surface area contributed by atoms with E-state index >= 15 is 0 Å². The van der Waals surface area contributed by atoms with Gasteiger partial charge in [-0.1, -0.05) is 0 Å². The van der Waals surface area contributed by atoms with Crippen molar-refractivity contribution in [1.82, 2.24) is 4.90 Å². The molecule has 0 spiro atoms. The smallest absolute Gasteiger partial charge is 0.412 e. The molecule has 0 aliphatic carbocycles. The molecule has 0 radical (unpaired) electrons. The van der Waals surface area contributed by atoms with Crippen LogP contribution in [0.15, 0.2) is 0 Å². The maximum absolute atomic E-state index is 10.4. The van der Waals surface area contributed by atoms with E-state index in [-0.39, 0.29) is 4.99 Å². The summed E-state index contributed by atoms with van der Waals surface area (Å²) in [4.78, 5) is 11.2. The fourth-order valence-electron chi connectivity index (χ4n) is 1.02. The molecule has 0 aromatic heterocycles. The van der Waals surface area contributed by atoms with Crippen LogP contribution in [0.25, 0.3) is 0 Å². The third-order valence-corrected chi connectivity index (χ3v) is 2.31. The van der Waals surface area contributed by atoms with E-state index < -0.39 is 16.4 Å². The summed E-state index contributed by atoms with van der Waals surface area (Å²) in [7, 11) is -2.38. The molecule has 1 aliphatic heterocycles. The summed E-state index contributed by atoms with van der Waals surface area (Å²) in [5, 5.41) is 8.46. The second-order valence-corrected chi connectivity index (χ2v) is 3.11. The van der Waals surface area contributed by atoms with Gasteiger partial charge in [0.05, 0.1) is 0 Å². The van der Waals surface area contributed by atoms with Crippen LogP contribution in [-0.2, 0) is 10.3 Å². The molecule has 1 heterocycles. The number of hydrogen-bond donors (Lipinski definition) is 1. The lowest BCUT2D eigenvalue weighted by Gasteiger charge is -2.08. The summed E-state index contributed by atoms with van der Waals surface area (Å²) < 4.78 is 20.7. The van der Waals surface area contributed by atoms with E-state index in [1.165, 1.54) is 0 Å². The van der Waals surface area contributed by atoms with Crippen LogP contribution in [0.4, 0.5) is 4.79 Å². The molecule has 0 atom stereocenters. The highest BCUT2D eigenvalue weighted by molar-refractivity contribution is 7.72. The van der Waals surface area contributed by atoms with E-state index in [9.17, 15) is 13.2 Å². The Kier molecular flexibility index (Phi) is 2.13. The Morgan fingerprint density at radius 3 is 2.55 bits per heavy atom. The summed E-state index contributed by atoms with van der Waals surface area (Å²) in [5.41, 5.74) is 0. The molecule has 62 valence electrons. The molecular weight excluding hydrogens is 170 g/mol. The first-order valence-corrected chi connectivity index (χ1v) is 4.16. The van der Waals surface area contributed by atoms with Gasteiger partial charge in [-0.05, 0) is 6.42 Å². The summed E-state index contributed by atoms with van der Waals surface area (Å²) >= 11 is 0. The summed E-state index contributed by atoms with van der Waals surface area (Å²) in [6, 6.07) is 0. The summed E-state index contributed by atoms with van der Waals surface area (Å²) in [6.07, 6.45) is -0.264. The predicted molar refractivity (Wildman–Crippen MR) is 37.9 cm³/mol. The van der Waals surface area contributed by atoms with Gasteiger partial charge in [-0.15, -0.1) is 0 Å². The molecule has 6 heteroatoms. The molecule has 1 saturated heterocycles. The Labute approximate surface area is 64.8 Å². The maximum atomic E-state index is 10.4. The lowest BCUT2D eigenvalue weighted by Crippen LogP contribution is -2.30. The molecular formula is C5H7NO4S. The lowest BCUT2D eigenvalue weighted by molar-refractivity contribution is 0.172. The molecule has 5 nitrogen and oxygen atoms in total. The maximum Gasteiger partial charge on any atom is 0.412 e. The zero-order chi connectivity index (χ0) is 8.43. The van der Waals surface area contributed by atoms with Crippen molar-refractivity contribution in [3.63, 3.8) is 0 Å². The van der Waals surface area contributed by atoms with Gasteiger partial charge in [0.25, 0.3) is 0 Å². The normalized spacial score (nSPS) is 17.1. The second-order valence-electron chi connectivity index (χ2n) is 2.17. The Hall–Kier alpha value is -1.04. The molecule has 11 heavy (non-hydrogen) atoms. The number of amides is 1. The molecule has 0 bridgehead atoms. The Morgan fingerprint density at radius 2 is 2.18 bits per heavy atom. The van der Waals surface area contributed by atoms with Gasteiger partial charge in [-0.3, -0.25) is 4.90 Å². The van der Waals surface area contributed by atoms with Crippen LogP contribution < -0.4 is 0 Å². The van der Waals surface area contributed by atoms with Crippen LogP contribution >= 0.6 is 0 Å². The van der Waals surface area contributed by atoms with Crippen LogP contribution in [-0.4, -0.2) is 36.1 Å². The van der Waals surface area contributed by atoms with Crippen LogP contribution in [0, 0.1) is 0 Å². The number of hydrogen-bond acceptors (Lipinski definition) is 3. The predicted octanol–water partition coefficient (Wildman–Crippen LogP) is -0.231. The largest absolute Gasteiger partial charge is 0.465 e. The topological polar surface area (TPSA) is 74.7 Å². The summed E-state index contributed by atoms with van der Waals surface area (Å²) in [5.74, 6) is 0. The minimum absolute atomic E-state index is 0.0162. The van der Waals surface area contributed by atoms with Gasteiger partial charge in [-0.25, -0.2) is 4.79 Å². The Balaban J connectivity index is 3.01. The third kappa shape index (κ3) is 1.51. The van der Waals surface area contributed by atoms with E-state index in [2.05, 4.69) is 0 Å². The first-order valence-electron chi connectivity index (χ1n) is 3.08. The fraction of sp³-hybridized carbons (Fsp3) is 0.600. The standard InChI is InChI=1S/C5H7NO4S/c7-5(8)6-3-1-2-4(6)11(9)10/h1-3H2,(H,7,8). The first kappa shape index (κ1) is 8.06. The highest BCUT2D eigenvalue weighted by Gasteiger charge is 2.25. The molecule has 0 saturated carbocycles. The molecule has 0 aromatic carbocycles. The highest BCUT2D eigenvalue weighted by atomic mass is 32.2. The van der Waals surface area contributed by atoms with Crippen LogP contribution in [0.2, 0.25) is 0 Å². The fourth-order valence-corrected chi connectivity index (χ4v) is 1.68. The first-order chi connectivity index (χ1) is 5.13. The van der Waals surface area contributed by atoms with E-state index in [0.29, 0.717) is 19.4 Å². The molecule has 1 N–H and O–H groups in total. The number of likely N-dealkylation sites (tertiary alicyclic amines) is 1. The van der Waals surface area contributed by atoms with Crippen molar-refractivity contribution in [1.29, 1.82) is 0 Å². The summed E-state index contributed by atoms with van der Waals surface area (Å²) in [6.45, 7) is 0.290. The quantitative estimate of drug-likeness (QED) is 0.518. The van der Waals surface area contributed by atoms with Crippen molar-refractivity contribution in [3.8, 4) is 0 Å². The second kappa shape index (κ2) is 2.91. The minimum atomic E-state index is -2.38. The molecule has 1 amide bonds. The van der Waals surface area contributed by atoms with Crippen molar-refractivity contribution < 1.29 is 18.3 Å². The zero-order valence-corrected chi connectivity index (χ0v) is 6.47. The van der Waals surface area contributed by atoms with E-state index in [4.69, 9.17) is 5.11 Å². The SMILES string of the molecule is O=C(O)N1CCCC1=S(=O)=O. The molecule has 1 aliphatic rings. The van der Waals surface area contributed by atoms with Crippen LogP contribution in [0.3, 0.4) is 0 Å². The minimum Gasteiger partial charge on any atom is -0.465 e. The molecule has 0 unspecified atom stereocenters. The van der Waals surface area contributed by atoms with Crippen molar-refractivity contribution in [2.75, 3.05) is 6.54 Å². The van der Waals surface area contributed by atoms with Crippen LogP contribution in [0.1, 0.15) is 12.8 Å². The highest BCUT2D eigenvalue weighted by Crippen LogP contribution is 2.09. The van der Waals surface area contributed by atoms with Gasteiger partial charge < -0.3 is 5.11 Å². The van der Waals surface area contributed by atoms with Crippen molar-refractivity contribution in [2.24, 2.45) is 0 Å². The Bertz CT molecular complexity index is 296. The zero-order valence-electron chi connectivity index (χ0n) is 5.65. The van der Waals surface area contributed by atoms with Gasteiger partial charge in [-0.2, -0.15) is 8.42 Å². The van der Waals surface area contributed by atoms with Gasteiger partial charge in [0, 0.05) is 13.0 Å². The van der Waals surface area contributed by atoms with Gasteiger partial charge >= 0.3 is 6.09 Å². The van der Waals surface area contributed by atoms with Gasteiger partial charge in [0.2, 0.25) is 10.3 Å². The van der Waals surface area contributed by atoms with Crippen molar-refractivity contribution in [3.05, 3.63) is 0 Å².